The molecule has 2 aliphatic heterocycles. The molecule has 0 bridgehead atoms. The van der Waals surface area contributed by atoms with E-state index in [4.69, 9.17) is 16.3 Å². The van der Waals surface area contributed by atoms with Crippen LogP contribution in [0.15, 0.2) is 54.6 Å². The summed E-state index contributed by atoms with van der Waals surface area (Å²) >= 11 is 5.96. The van der Waals surface area contributed by atoms with Gasteiger partial charge in [-0.3, -0.25) is 9.59 Å². The number of carbonyl (C=O) groups excluding carboxylic acids is 2. The van der Waals surface area contributed by atoms with Gasteiger partial charge < -0.3 is 14.5 Å². The molecule has 5 nitrogen and oxygen atoms in total. The van der Waals surface area contributed by atoms with Crippen molar-refractivity contribution in [2.45, 2.75) is 38.5 Å². The number of ether oxygens (including phenoxy) is 1. The predicted molar refractivity (Wildman–Crippen MR) is 126 cm³/mol. The molecule has 32 heavy (non-hydrogen) atoms. The predicted octanol–water partition coefficient (Wildman–Crippen LogP) is 5.04. The summed E-state index contributed by atoms with van der Waals surface area (Å²) in [6.07, 6.45) is 5.35. The zero-order valence-electron chi connectivity index (χ0n) is 18.5. The first-order chi connectivity index (χ1) is 15.5. The molecule has 4 rings (SSSR count). The largest absolute Gasteiger partial charge is 0.493 e. The molecule has 0 N–H and O–H groups in total. The molecular formula is C26H31ClN2O3. The molecule has 2 aromatic carbocycles. The number of para-hydroxylation sites is 1. The number of piperidine rings is 2. The van der Waals surface area contributed by atoms with Gasteiger partial charge in [-0.2, -0.15) is 0 Å². The highest BCUT2D eigenvalue weighted by atomic mass is 35.5. The molecule has 2 aromatic rings. The Morgan fingerprint density at radius 3 is 2.16 bits per heavy atom. The van der Waals surface area contributed by atoms with Crippen LogP contribution in [0.1, 0.15) is 48.9 Å². The Hall–Kier alpha value is -2.53. The molecule has 0 aromatic heterocycles. The number of nitrogens with zero attached hydrogens (tertiary/aromatic N) is 2. The number of hydrogen-bond acceptors (Lipinski definition) is 3. The molecule has 6 heteroatoms. The topological polar surface area (TPSA) is 49.9 Å². The second-order valence-electron chi connectivity index (χ2n) is 9.02. The lowest BCUT2D eigenvalue weighted by molar-refractivity contribution is -0.136. The van der Waals surface area contributed by atoms with Crippen molar-refractivity contribution < 1.29 is 14.3 Å². The van der Waals surface area contributed by atoms with Crippen LogP contribution in [0.3, 0.4) is 0 Å². The molecule has 0 spiro atoms. The van der Waals surface area contributed by atoms with Crippen LogP contribution in [-0.4, -0.2) is 54.4 Å². The Balaban J connectivity index is 1.44. The number of carbonyl (C=O) groups is 2. The maximum atomic E-state index is 13.1. The number of rotatable bonds is 6. The summed E-state index contributed by atoms with van der Waals surface area (Å²) in [6.45, 7) is 3.44. The molecule has 2 saturated heterocycles. The van der Waals surface area contributed by atoms with Crippen molar-refractivity contribution in [3.8, 4) is 5.75 Å². The summed E-state index contributed by atoms with van der Waals surface area (Å²) in [5.41, 5.74) is 0.382. The standard InChI is InChI=1S/C26H31ClN2O3/c27-22-11-9-21(10-12-22)25(31)29-17-13-26(14-18-29,20-32-23-7-3-1-4-8-23)19-24(30)28-15-5-2-6-16-28/h1,3-4,7-12H,2,5-6,13-20H2. The summed E-state index contributed by atoms with van der Waals surface area (Å²) < 4.78 is 6.14. The molecule has 0 atom stereocenters. The highest BCUT2D eigenvalue weighted by molar-refractivity contribution is 6.30. The van der Waals surface area contributed by atoms with Gasteiger partial charge in [-0.25, -0.2) is 0 Å². The highest BCUT2D eigenvalue weighted by Gasteiger charge is 2.40. The third kappa shape index (κ3) is 5.63. The maximum Gasteiger partial charge on any atom is 0.253 e. The normalized spacial score (nSPS) is 18.3. The molecule has 0 unspecified atom stereocenters. The zero-order valence-corrected chi connectivity index (χ0v) is 19.2. The van der Waals surface area contributed by atoms with Crippen LogP contribution < -0.4 is 4.74 Å². The first-order valence-corrected chi connectivity index (χ1v) is 11.9. The van der Waals surface area contributed by atoms with Crippen LogP contribution in [0.5, 0.6) is 5.75 Å². The lowest BCUT2D eigenvalue weighted by atomic mass is 9.75. The van der Waals surface area contributed by atoms with E-state index in [1.807, 2.05) is 40.1 Å². The van der Waals surface area contributed by atoms with E-state index in [-0.39, 0.29) is 17.2 Å². The fraction of sp³-hybridized carbons (Fsp3) is 0.462. The van der Waals surface area contributed by atoms with Crippen molar-refractivity contribution >= 4 is 23.4 Å². The Morgan fingerprint density at radius 1 is 0.844 bits per heavy atom. The minimum atomic E-state index is -0.263. The van der Waals surface area contributed by atoms with Gasteiger partial charge in [0.1, 0.15) is 5.75 Å². The van der Waals surface area contributed by atoms with Gasteiger partial charge >= 0.3 is 0 Å². The van der Waals surface area contributed by atoms with E-state index in [0.717, 1.165) is 44.5 Å². The second kappa shape index (κ2) is 10.4. The maximum absolute atomic E-state index is 13.1. The van der Waals surface area contributed by atoms with Crippen LogP contribution in [0.4, 0.5) is 0 Å². The molecule has 0 aliphatic carbocycles. The van der Waals surface area contributed by atoms with Crippen molar-refractivity contribution in [1.29, 1.82) is 0 Å². The second-order valence-corrected chi connectivity index (χ2v) is 9.46. The van der Waals surface area contributed by atoms with E-state index in [1.54, 1.807) is 24.3 Å². The monoisotopic (exact) mass is 454 g/mol. The average Bonchev–Trinajstić information content (AvgIpc) is 2.84. The molecule has 2 heterocycles. The first-order valence-electron chi connectivity index (χ1n) is 11.6. The van der Waals surface area contributed by atoms with E-state index >= 15 is 0 Å². The van der Waals surface area contributed by atoms with Gasteiger partial charge in [-0.15, -0.1) is 0 Å². The summed E-state index contributed by atoms with van der Waals surface area (Å²) in [4.78, 5) is 30.0. The van der Waals surface area contributed by atoms with Gasteiger partial charge in [-0.05, 0) is 68.5 Å². The van der Waals surface area contributed by atoms with E-state index in [2.05, 4.69) is 0 Å². The Bertz CT molecular complexity index is 902. The van der Waals surface area contributed by atoms with Gasteiger partial charge in [0, 0.05) is 48.6 Å². The lowest BCUT2D eigenvalue weighted by Crippen LogP contribution is -2.48. The van der Waals surface area contributed by atoms with Gasteiger partial charge in [0.25, 0.3) is 5.91 Å². The van der Waals surface area contributed by atoms with Crippen LogP contribution in [0, 0.1) is 5.41 Å². The molecule has 2 aliphatic rings. The molecule has 2 fully saturated rings. The summed E-state index contributed by atoms with van der Waals surface area (Å²) in [5.74, 6) is 1.05. The number of likely N-dealkylation sites (tertiary alicyclic amines) is 2. The van der Waals surface area contributed by atoms with Crippen molar-refractivity contribution in [3.63, 3.8) is 0 Å². The van der Waals surface area contributed by atoms with E-state index in [1.165, 1.54) is 6.42 Å². The highest BCUT2D eigenvalue weighted by Crippen LogP contribution is 2.37. The minimum Gasteiger partial charge on any atom is -0.493 e. The van der Waals surface area contributed by atoms with Crippen molar-refractivity contribution in [3.05, 3.63) is 65.2 Å². The summed E-state index contributed by atoms with van der Waals surface area (Å²) in [5, 5.41) is 0.619. The van der Waals surface area contributed by atoms with E-state index in [9.17, 15) is 9.59 Å². The number of benzene rings is 2. The summed E-state index contributed by atoms with van der Waals surface area (Å²) in [6, 6.07) is 16.8. The van der Waals surface area contributed by atoms with Crippen LogP contribution in [0.25, 0.3) is 0 Å². The smallest absolute Gasteiger partial charge is 0.253 e. The quantitative estimate of drug-likeness (QED) is 0.614. The molecule has 170 valence electrons. The summed E-state index contributed by atoms with van der Waals surface area (Å²) in [7, 11) is 0. The lowest BCUT2D eigenvalue weighted by Gasteiger charge is -2.42. The molecule has 0 radical (unpaired) electrons. The molecular weight excluding hydrogens is 424 g/mol. The minimum absolute atomic E-state index is 0.0154. The Kier molecular flexibility index (Phi) is 7.36. The van der Waals surface area contributed by atoms with E-state index in [0.29, 0.717) is 36.7 Å². The van der Waals surface area contributed by atoms with Gasteiger partial charge in [0.2, 0.25) is 5.91 Å². The van der Waals surface area contributed by atoms with Gasteiger partial charge in [0.05, 0.1) is 6.61 Å². The molecule has 2 amide bonds. The number of halogens is 1. The van der Waals surface area contributed by atoms with E-state index < -0.39 is 0 Å². The number of hydrogen-bond donors (Lipinski definition) is 0. The van der Waals surface area contributed by atoms with Crippen molar-refractivity contribution in [1.82, 2.24) is 9.80 Å². The van der Waals surface area contributed by atoms with Crippen LogP contribution in [0.2, 0.25) is 5.02 Å². The fourth-order valence-corrected chi connectivity index (χ4v) is 4.79. The Morgan fingerprint density at radius 2 is 1.50 bits per heavy atom. The Labute approximate surface area is 195 Å². The van der Waals surface area contributed by atoms with Crippen molar-refractivity contribution in [2.24, 2.45) is 5.41 Å². The number of amides is 2. The third-order valence-corrected chi connectivity index (χ3v) is 6.98. The average molecular weight is 455 g/mol. The van der Waals surface area contributed by atoms with Gasteiger partial charge in [0.15, 0.2) is 0 Å². The van der Waals surface area contributed by atoms with Crippen LogP contribution >= 0.6 is 11.6 Å². The zero-order chi connectivity index (χ0) is 22.4. The SMILES string of the molecule is O=C(CC1(COc2ccccc2)CCN(C(=O)c2ccc(Cl)cc2)CC1)N1CCCCC1. The molecule has 0 saturated carbocycles. The van der Waals surface area contributed by atoms with Crippen LogP contribution in [-0.2, 0) is 4.79 Å². The fourth-order valence-electron chi connectivity index (χ4n) is 4.66. The van der Waals surface area contributed by atoms with Gasteiger partial charge in [-0.1, -0.05) is 29.8 Å². The third-order valence-electron chi connectivity index (χ3n) is 6.73. The first kappa shape index (κ1) is 22.7. The van der Waals surface area contributed by atoms with Crippen molar-refractivity contribution in [2.75, 3.05) is 32.8 Å².